The second-order valence-electron chi connectivity index (χ2n) is 4.86. The predicted octanol–water partition coefficient (Wildman–Crippen LogP) is 1.68. The van der Waals surface area contributed by atoms with Gasteiger partial charge in [0.25, 0.3) is 5.91 Å². The molecule has 1 amide bonds. The summed E-state index contributed by atoms with van der Waals surface area (Å²) >= 11 is 0. The number of methoxy groups -OCH3 is 1. The summed E-state index contributed by atoms with van der Waals surface area (Å²) in [6, 6.07) is 4.53. The highest BCUT2D eigenvalue weighted by atomic mass is 19.1. The van der Waals surface area contributed by atoms with Gasteiger partial charge in [-0.2, -0.15) is 0 Å². The van der Waals surface area contributed by atoms with Gasteiger partial charge in [-0.3, -0.25) is 4.79 Å². The molecule has 5 heteroatoms. The molecule has 1 saturated heterocycles. The molecular weight excluding hydrogens is 249 g/mol. The van der Waals surface area contributed by atoms with Crippen LogP contribution in [0.3, 0.4) is 0 Å². The number of hydrogen-bond acceptors (Lipinski definition) is 3. The van der Waals surface area contributed by atoms with Crippen LogP contribution in [0.4, 0.5) is 4.39 Å². The summed E-state index contributed by atoms with van der Waals surface area (Å²) in [6.45, 7) is 2.73. The number of rotatable bonds is 3. The second-order valence-corrected chi connectivity index (χ2v) is 4.86. The minimum atomic E-state index is -0.629. The van der Waals surface area contributed by atoms with Crippen LogP contribution in [-0.4, -0.2) is 42.2 Å². The van der Waals surface area contributed by atoms with Crippen molar-refractivity contribution < 1.29 is 19.0 Å². The van der Waals surface area contributed by atoms with Crippen LogP contribution in [0, 0.1) is 11.7 Å². The molecule has 0 aromatic heterocycles. The molecule has 1 N–H and O–H groups in total. The van der Waals surface area contributed by atoms with E-state index in [1.54, 1.807) is 17.9 Å². The van der Waals surface area contributed by atoms with Crippen molar-refractivity contribution in [3.63, 3.8) is 0 Å². The third kappa shape index (κ3) is 2.71. The Hall–Kier alpha value is -1.62. The van der Waals surface area contributed by atoms with Gasteiger partial charge in [0.2, 0.25) is 0 Å². The third-order valence-electron chi connectivity index (χ3n) is 3.61. The predicted molar refractivity (Wildman–Crippen MR) is 68.6 cm³/mol. The van der Waals surface area contributed by atoms with Crippen molar-refractivity contribution in [2.75, 3.05) is 20.2 Å². The summed E-state index contributed by atoms with van der Waals surface area (Å²) in [5, 5.41) is 9.53. The number of aliphatic hydroxyl groups excluding tert-OH is 1. The summed E-state index contributed by atoms with van der Waals surface area (Å²) in [6.07, 6.45) is 0.294. The van der Waals surface area contributed by atoms with E-state index in [-0.39, 0.29) is 23.1 Å². The fourth-order valence-corrected chi connectivity index (χ4v) is 2.37. The van der Waals surface area contributed by atoms with Crippen molar-refractivity contribution in [3.8, 4) is 5.75 Å². The highest BCUT2D eigenvalue weighted by Crippen LogP contribution is 2.25. The third-order valence-corrected chi connectivity index (χ3v) is 3.61. The molecule has 0 saturated carbocycles. The summed E-state index contributed by atoms with van der Waals surface area (Å²) in [5.41, 5.74) is 0.0191. The van der Waals surface area contributed by atoms with Crippen LogP contribution in [0.2, 0.25) is 0 Å². The van der Waals surface area contributed by atoms with Gasteiger partial charge in [0.15, 0.2) is 11.6 Å². The number of amides is 1. The summed E-state index contributed by atoms with van der Waals surface area (Å²) in [5.74, 6) is -0.843. The highest BCUT2D eigenvalue weighted by molar-refractivity contribution is 5.95. The molecule has 2 unspecified atom stereocenters. The van der Waals surface area contributed by atoms with Gasteiger partial charge in [-0.25, -0.2) is 4.39 Å². The first-order valence-electron chi connectivity index (χ1n) is 6.34. The monoisotopic (exact) mass is 267 g/mol. The first-order valence-corrected chi connectivity index (χ1v) is 6.34. The first-order chi connectivity index (χ1) is 9.04. The van der Waals surface area contributed by atoms with Crippen LogP contribution in [-0.2, 0) is 0 Å². The Morgan fingerprint density at radius 2 is 2.32 bits per heavy atom. The van der Waals surface area contributed by atoms with E-state index in [1.807, 2.05) is 0 Å². The van der Waals surface area contributed by atoms with E-state index in [9.17, 15) is 14.3 Å². The van der Waals surface area contributed by atoms with Crippen LogP contribution >= 0.6 is 0 Å². The Morgan fingerprint density at radius 3 is 2.89 bits per heavy atom. The Balaban J connectivity index is 2.17. The van der Waals surface area contributed by atoms with Crippen LogP contribution in [0.15, 0.2) is 18.2 Å². The van der Waals surface area contributed by atoms with Gasteiger partial charge < -0.3 is 14.7 Å². The molecule has 1 heterocycles. The Bertz CT molecular complexity index is 476. The quantitative estimate of drug-likeness (QED) is 0.906. The zero-order chi connectivity index (χ0) is 14.0. The molecule has 0 radical (unpaired) electrons. The lowest BCUT2D eigenvalue weighted by Crippen LogP contribution is -2.31. The lowest BCUT2D eigenvalue weighted by atomic mass is 10.0. The Labute approximate surface area is 111 Å². The average Bonchev–Trinajstić information content (AvgIpc) is 2.88. The number of nitrogens with zero attached hydrogens (tertiary/aromatic N) is 1. The maximum Gasteiger partial charge on any atom is 0.256 e. The van der Waals surface area contributed by atoms with Gasteiger partial charge in [-0.15, -0.1) is 0 Å². The van der Waals surface area contributed by atoms with Crippen molar-refractivity contribution >= 4 is 5.91 Å². The SMILES string of the molecule is COc1cccc(C(=O)N2CCC(C(C)O)C2)c1F. The first kappa shape index (κ1) is 13.8. The summed E-state index contributed by atoms with van der Waals surface area (Å²) < 4.78 is 18.9. The molecule has 104 valence electrons. The van der Waals surface area contributed by atoms with Gasteiger partial charge in [0, 0.05) is 19.0 Å². The van der Waals surface area contributed by atoms with Gasteiger partial charge in [0.05, 0.1) is 18.8 Å². The number of benzene rings is 1. The van der Waals surface area contributed by atoms with Crippen LogP contribution < -0.4 is 4.74 Å². The number of carbonyl (C=O) groups excluding carboxylic acids is 1. The number of likely N-dealkylation sites (tertiary alicyclic amines) is 1. The normalized spacial score (nSPS) is 20.4. The largest absolute Gasteiger partial charge is 0.494 e. The molecule has 1 aromatic carbocycles. The van der Waals surface area contributed by atoms with E-state index in [1.165, 1.54) is 19.2 Å². The number of halogens is 1. The van der Waals surface area contributed by atoms with Crippen LogP contribution in [0.5, 0.6) is 5.75 Å². The molecule has 4 nitrogen and oxygen atoms in total. The smallest absolute Gasteiger partial charge is 0.256 e. The lowest BCUT2D eigenvalue weighted by Gasteiger charge is -2.18. The zero-order valence-electron chi connectivity index (χ0n) is 11.1. The van der Waals surface area contributed by atoms with Gasteiger partial charge >= 0.3 is 0 Å². The van der Waals surface area contributed by atoms with E-state index in [0.717, 1.165) is 6.42 Å². The molecule has 0 bridgehead atoms. The average molecular weight is 267 g/mol. The van der Waals surface area contributed by atoms with Crippen molar-refractivity contribution in [3.05, 3.63) is 29.6 Å². The van der Waals surface area contributed by atoms with Crippen molar-refractivity contribution in [2.24, 2.45) is 5.92 Å². The maximum absolute atomic E-state index is 14.0. The molecule has 0 spiro atoms. The van der Waals surface area contributed by atoms with Gasteiger partial charge in [-0.1, -0.05) is 6.07 Å². The van der Waals surface area contributed by atoms with Crippen LogP contribution in [0.1, 0.15) is 23.7 Å². The van der Waals surface area contributed by atoms with E-state index in [0.29, 0.717) is 13.1 Å². The molecular formula is C14H18FNO3. The van der Waals surface area contributed by atoms with Crippen molar-refractivity contribution in [1.82, 2.24) is 4.90 Å². The van der Waals surface area contributed by atoms with E-state index >= 15 is 0 Å². The Morgan fingerprint density at radius 1 is 1.58 bits per heavy atom. The number of ether oxygens (including phenoxy) is 1. The van der Waals surface area contributed by atoms with Gasteiger partial charge in [-0.05, 0) is 25.5 Å². The molecule has 1 fully saturated rings. The highest BCUT2D eigenvalue weighted by Gasteiger charge is 2.31. The lowest BCUT2D eigenvalue weighted by molar-refractivity contribution is 0.0757. The van der Waals surface area contributed by atoms with Crippen molar-refractivity contribution in [1.29, 1.82) is 0 Å². The Kier molecular flexibility index (Phi) is 4.04. The number of hydrogen-bond donors (Lipinski definition) is 1. The van der Waals surface area contributed by atoms with E-state index in [2.05, 4.69) is 0 Å². The van der Waals surface area contributed by atoms with Crippen molar-refractivity contribution in [2.45, 2.75) is 19.4 Å². The standard InChI is InChI=1S/C14H18FNO3/c1-9(17)10-6-7-16(8-10)14(18)11-4-3-5-12(19-2)13(11)15/h3-5,9-10,17H,6-8H2,1-2H3. The molecule has 1 aromatic rings. The zero-order valence-corrected chi connectivity index (χ0v) is 11.1. The van der Waals surface area contributed by atoms with E-state index < -0.39 is 11.9 Å². The summed E-state index contributed by atoms with van der Waals surface area (Å²) in [7, 11) is 1.37. The minimum Gasteiger partial charge on any atom is -0.494 e. The molecule has 1 aliphatic rings. The summed E-state index contributed by atoms with van der Waals surface area (Å²) in [4.78, 5) is 13.8. The second kappa shape index (κ2) is 5.57. The molecule has 1 aliphatic heterocycles. The number of carbonyl (C=O) groups is 1. The van der Waals surface area contributed by atoms with Crippen LogP contribution in [0.25, 0.3) is 0 Å². The molecule has 2 rings (SSSR count). The molecule has 19 heavy (non-hydrogen) atoms. The van der Waals surface area contributed by atoms with E-state index in [4.69, 9.17) is 4.74 Å². The fraction of sp³-hybridized carbons (Fsp3) is 0.500. The topological polar surface area (TPSA) is 49.8 Å². The maximum atomic E-state index is 14.0. The fourth-order valence-electron chi connectivity index (χ4n) is 2.37. The van der Waals surface area contributed by atoms with Gasteiger partial charge in [0.1, 0.15) is 0 Å². The minimum absolute atomic E-state index is 0.0191. The molecule has 2 atom stereocenters. The number of aliphatic hydroxyl groups is 1. The molecule has 0 aliphatic carbocycles.